The Labute approximate surface area is 172 Å². The Morgan fingerprint density at radius 3 is 2.37 bits per heavy atom. The number of carbonyl (C=O) groups excluding carboxylic acids is 1. The second kappa shape index (κ2) is 9.48. The van der Waals surface area contributed by atoms with Gasteiger partial charge in [-0.3, -0.25) is 4.79 Å². The Morgan fingerprint density at radius 2 is 1.83 bits per heavy atom. The quantitative estimate of drug-likeness (QED) is 0.548. The number of alkyl halides is 3. The van der Waals surface area contributed by atoms with E-state index in [1.54, 1.807) is 0 Å². The molecule has 0 heterocycles. The first kappa shape index (κ1) is 24.4. The van der Waals surface area contributed by atoms with Crippen molar-refractivity contribution in [3.8, 4) is 5.75 Å². The number of sulfonamides is 1. The van der Waals surface area contributed by atoms with E-state index in [0.717, 1.165) is 51.3 Å². The fraction of sp³-hybridized carbons (Fsp3) is 0.611. The maximum Gasteiger partial charge on any atom is 0.404 e. The molecule has 2 atom stereocenters. The van der Waals surface area contributed by atoms with Gasteiger partial charge in [0.1, 0.15) is 10.9 Å². The van der Waals surface area contributed by atoms with E-state index in [-0.39, 0.29) is 11.6 Å². The lowest BCUT2D eigenvalue weighted by Crippen LogP contribution is -2.43. The smallest absolute Gasteiger partial charge is 0.404 e. The topological polar surface area (TPSA) is 111 Å². The van der Waals surface area contributed by atoms with Crippen molar-refractivity contribution in [3.63, 3.8) is 0 Å². The number of methoxy groups -OCH3 is 1. The van der Waals surface area contributed by atoms with E-state index in [9.17, 15) is 30.8 Å². The molecule has 170 valence electrons. The number of carbonyl (C=O) groups is 1. The molecule has 1 aromatic rings. The van der Waals surface area contributed by atoms with Gasteiger partial charge in [-0.15, -0.1) is 0 Å². The molecule has 1 aliphatic rings. The number of nitrogens with two attached hydrogens (primary N) is 1. The van der Waals surface area contributed by atoms with Gasteiger partial charge in [-0.1, -0.05) is 19.3 Å². The summed E-state index contributed by atoms with van der Waals surface area (Å²) in [7, 11) is -3.80. The summed E-state index contributed by atoms with van der Waals surface area (Å²) in [4.78, 5) is 11.6. The molecule has 0 radical (unpaired) electrons. The highest BCUT2D eigenvalue weighted by Gasteiger charge is 2.40. The summed E-state index contributed by atoms with van der Waals surface area (Å²) < 4.78 is 83.7. The molecular formula is C18H25F4N3O4S. The van der Waals surface area contributed by atoms with Gasteiger partial charge in [0.15, 0.2) is 11.6 Å². The van der Waals surface area contributed by atoms with Gasteiger partial charge in [0, 0.05) is 0 Å². The van der Waals surface area contributed by atoms with Crippen LogP contribution in [0.3, 0.4) is 0 Å². The Hall–Kier alpha value is -1.92. The maximum atomic E-state index is 14.8. The minimum atomic E-state index is -4.83. The van der Waals surface area contributed by atoms with Crippen molar-refractivity contribution in [2.24, 2.45) is 11.7 Å². The van der Waals surface area contributed by atoms with Crippen molar-refractivity contribution in [2.45, 2.75) is 62.2 Å². The number of rotatable bonds is 7. The monoisotopic (exact) mass is 455 g/mol. The molecule has 0 saturated heterocycles. The van der Waals surface area contributed by atoms with E-state index in [0.29, 0.717) is 6.92 Å². The maximum absolute atomic E-state index is 14.8. The van der Waals surface area contributed by atoms with Gasteiger partial charge in [-0.25, -0.2) is 12.8 Å². The third-order valence-corrected chi connectivity index (χ3v) is 6.66. The molecule has 1 amide bonds. The third kappa shape index (κ3) is 5.61. The van der Waals surface area contributed by atoms with Crippen molar-refractivity contribution in [1.29, 1.82) is 0 Å². The molecular weight excluding hydrogens is 430 g/mol. The van der Waals surface area contributed by atoms with Crippen molar-refractivity contribution < 1.29 is 35.5 Å². The number of anilines is 1. The molecule has 0 aliphatic heterocycles. The predicted molar refractivity (Wildman–Crippen MR) is 102 cm³/mol. The first-order chi connectivity index (χ1) is 13.9. The van der Waals surface area contributed by atoms with E-state index in [1.807, 2.05) is 0 Å². The van der Waals surface area contributed by atoms with Crippen LogP contribution in [0.2, 0.25) is 0 Å². The molecule has 0 unspecified atom stereocenters. The standard InChI is InChI=1S/C18H25F4N3O4S/c1-10(18(20,21)22)25-30(27,28)13-9-8-12(14(19)16(13)29-2)24-17(26)15(23)11-6-4-3-5-7-11/h8-11,15,25H,3-7,23H2,1-2H3,(H,24,26)/t10-,15-/m0/s1. The Balaban J connectivity index is 2.26. The normalized spacial score (nSPS) is 18.0. The van der Waals surface area contributed by atoms with Crippen LogP contribution in [0.4, 0.5) is 23.2 Å². The zero-order valence-electron chi connectivity index (χ0n) is 16.6. The minimum absolute atomic E-state index is 0.0450. The SMILES string of the molecule is COc1c(S(=O)(=O)N[C@@H](C)C(F)(F)F)ccc(NC(=O)[C@@H](N)C2CCCCC2)c1F. The average molecular weight is 455 g/mol. The first-order valence-corrected chi connectivity index (χ1v) is 10.9. The minimum Gasteiger partial charge on any atom is -0.492 e. The van der Waals surface area contributed by atoms with Crippen molar-refractivity contribution in [3.05, 3.63) is 17.9 Å². The van der Waals surface area contributed by atoms with Gasteiger partial charge in [0.25, 0.3) is 0 Å². The van der Waals surface area contributed by atoms with Gasteiger partial charge < -0.3 is 15.8 Å². The zero-order chi connectivity index (χ0) is 22.7. The molecule has 4 N–H and O–H groups in total. The second-order valence-electron chi connectivity index (χ2n) is 7.26. The Bertz CT molecular complexity index is 871. The summed E-state index contributed by atoms with van der Waals surface area (Å²) in [5.74, 6) is -2.73. The number of hydrogen-bond acceptors (Lipinski definition) is 5. The van der Waals surface area contributed by atoms with Crippen molar-refractivity contribution >= 4 is 21.6 Å². The average Bonchev–Trinajstić information content (AvgIpc) is 2.68. The van der Waals surface area contributed by atoms with E-state index in [4.69, 9.17) is 10.5 Å². The first-order valence-electron chi connectivity index (χ1n) is 9.40. The van der Waals surface area contributed by atoms with Crippen LogP contribution in [0.25, 0.3) is 0 Å². The highest BCUT2D eigenvalue weighted by atomic mass is 32.2. The van der Waals surface area contributed by atoms with E-state index in [1.165, 1.54) is 4.72 Å². The highest BCUT2D eigenvalue weighted by molar-refractivity contribution is 7.89. The van der Waals surface area contributed by atoms with Crippen molar-refractivity contribution in [1.82, 2.24) is 4.72 Å². The summed E-state index contributed by atoms with van der Waals surface area (Å²) in [6, 6.07) is -1.47. The van der Waals surface area contributed by atoms with E-state index < -0.39 is 50.7 Å². The highest BCUT2D eigenvalue weighted by Crippen LogP contribution is 2.33. The summed E-state index contributed by atoms with van der Waals surface area (Å²) in [6.07, 6.45) is -0.315. The number of hydrogen-bond donors (Lipinski definition) is 3. The van der Waals surface area contributed by atoms with Gasteiger partial charge in [-0.2, -0.15) is 17.9 Å². The van der Waals surface area contributed by atoms with Gasteiger partial charge in [0.2, 0.25) is 15.9 Å². The molecule has 1 saturated carbocycles. The second-order valence-corrected chi connectivity index (χ2v) is 8.94. The molecule has 1 aromatic carbocycles. The summed E-state index contributed by atoms with van der Waals surface area (Å²) in [6.45, 7) is 0.613. The van der Waals surface area contributed by atoms with Gasteiger partial charge in [0.05, 0.1) is 18.8 Å². The van der Waals surface area contributed by atoms with Crippen LogP contribution in [0.1, 0.15) is 39.0 Å². The number of benzene rings is 1. The van der Waals surface area contributed by atoms with Crippen LogP contribution in [0.5, 0.6) is 5.75 Å². The van der Waals surface area contributed by atoms with Crippen LogP contribution < -0.4 is 20.5 Å². The zero-order valence-corrected chi connectivity index (χ0v) is 17.4. The lowest BCUT2D eigenvalue weighted by atomic mass is 9.84. The molecule has 7 nitrogen and oxygen atoms in total. The number of halogens is 4. The predicted octanol–water partition coefficient (Wildman–Crippen LogP) is 2.91. The molecule has 1 fully saturated rings. The lowest BCUT2D eigenvalue weighted by Gasteiger charge is -2.26. The van der Waals surface area contributed by atoms with E-state index >= 15 is 0 Å². The number of ether oxygens (including phenoxy) is 1. The van der Waals surface area contributed by atoms with Gasteiger partial charge >= 0.3 is 6.18 Å². The lowest BCUT2D eigenvalue weighted by molar-refractivity contribution is -0.147. The fourth-order valence-corrected chi connectivity index (χ4v) is 4.71. The Kier molecular flexibility index (Phi) is 7.69. The molecule has 0 spiro atoms. The summed E-state index contributed by atoms with van der Waals surface area (Å²) >= 11 is 0. The molecule has 2 rings (SSSR count). The molecule has 12 heteroatoms. The fourth-order valence-electron chi connectivity index (χ4n) is 3.32. The van der Waals surface area contributed by atoms with Crippen molar-refractivity contribution in [2.75, 3.05) is 12.4 Å². The third-order valence-electron chi connectivity index (χ3n) is 5.10. The molecule has 1 aliphatic carbocycles. The van der Waals surface area contributed by atoms with Crippen LogP contribution in [-0.4, -0.2) is 39.7 Å². The van der Waals surface area contributed by atoms with Crippen LogP contribution in [0.15, 0.2) is 17.0 Å². The number of amides is 1. The number of nitrogens with one attached hydrogen (secondary N) is 2. The van der Waals surface area contributed by atoms with Gasteiger partial charge in [-0.05, 0) is 37.8 Å². The summed E-state index contributed by atoms with van der Waals surface area (Å²) in [5, 5.41) is 2.31. The Morgan fingerprint density at radius 1 is 1.23 bits per heavy atom. The van der Waals surface area contributed by atoms with Crippen LogP contribution >= 0.6 is 0 Å². The van der Waals surface area contributed by atoms with Crippen LogP contribution in [-0.2, 0) is 14.8 Å². The van der Waals surface area contributed by atoms with E-state index in [2.05, 4.69) is 5.32 Å². The molecule has 30 heavy (non-hydrogen) atoms. The van der Waals surface area contributed by atoms with Crippen LogP contribution in [0, 0.1) is 11.7 Å². The summed E-state index contributed by atoms with van der Waals surface area (Å²) in [5.41, 5.74) is 5.59. The largest absolute Gasteiger partial charge is 0.492 e. The molecule has 0 aromatic heterocycles. The molecule has 0 bridgehead atoms.